The summed E-state index contributed by atoms with van der Waals surface area (Å²) < 4.78 is 4.97. The van der Waals surface area contributed by atoms with Gasteiger partial charge in [-0.3, -0.25) is 9.59 Å². The second-order valence-corrected chi connectivity index (χ2v) is 4.78. The average molecular weight is 226 g/mol. The largest absolute Gasteiger partial charge is 0.481 e. The molecule has 4 nitrogen and oxygen atoms in total. The van der Waals surface area contributed by atoms with Crippen molar-refractivity contribution < 1.29 is 19.4 Å². The first-order chi connectivity index (χ1) is 7.35. The fourth-order valence-electron chi connectivity index (χ4n) is 2.01. The third kappa shape index (κ3) is 3.08. The maximum Gasteiger partial charge on any atom is 0.307 e. The summed E-state index contributed by atoms with van der Waals surface area (Å²) in [7, 11) is 0. The van der Waals surface area contributed by atoms with Crippen LogP contribution in [0.5, 0.6) is 0 Å². The van der Waals surface area contributed by atoms with E-state index in [0.717, 1.165) is 0 Å². The highest BCUT2D eigenvalue weighted by Gasteiger charge is 2.56. The van der Waals surface area contributed by atoms with Gasteiger partial charge in [0.15, 0.2) is 0 Å². The Labute approximate surface area is 95.3 Å². The van der Waals surface area contributed by atoms with Crippen LogP contribution < -0.4 is 0 Å². The van der Waals surface area contributed by atoms with Crippen molar-refractivity contribution >= 4 is 11.9 Å². The summed E-state index contributed by atoms with van der Waals surface area (Å²) in [5.41, 5.74) is 0.102. The van der Waals surface area contributed by atoms with Gasteiger partial charge >= 0.3 is 11.9 Å². The van der Waals surface area contributed by atoms with Crippen molar-refractivity contribution in [1.82, 2.24) is 0 Å². The number of carbonyl (C=O) groups is 2. The minimum absolute atomic E-state index is 0.0485. The molecule has 16 heavy (non-hydrogen) atoms. The van der Waals surface area contributed by atoms with E-state index in [0.29, 0.717) is 18.4 Å². The predicted octanol–water partition coefficient (Wildman–Crippen LogP) is 1.85. The first kappa shape index (κ1) is 12.7. The molecule has 0 aromatic heterocycles. The zero-order chi connectivity index (χ0) is 12.3. The van der Waals surface area contributed by atoms with Gasteiger partial charge in [-0.25, -0.2) is 0 Å². The van der Waals surface area contributed by atoms with Crippen LogP contribution in [0.4, 0.5) is 0 Å². The van der Waals surface area contributed by atoms with E-state index < -0.39 is 5.97 Å². The number of esters is 1. The van der Waals surface area contributed by atoms with Gasteiger partial charge in [-0.05, 0) is 11.3 Å². The SMILES string of the molecule is CC(=O)OCC1C(C=CCC(=O)O)C1(C)C. The molecule has 0 bridgehead atoms. The lowest BCUT2D eigenvalue weighted by atomic mass is 10.1. The Kier molecular flexibility index (Phi) is 3.73. The van der Waals surface area contributed by atoms with Crippen molar-refractivity contribution in [2.45, 2.75) is 27.2 Å². The van der Waals surface area contributed by atoms with Crippen LogP contribution >= 0.6 is 0 Å². The molecule has 0 aromatic rings. The summed E-state index contributed by atoms with van der Waals surface area (Å²) in [5.74, 6) is -0.477. The van der Waals surface area contributed by atoms with E-state index in [-0.39, 0.29) is 17.8 Å². The molecule has 0 heterocycles. The summed E-state index contributed by atoms with van der Waals surface area (Å²) >= 11 is 0. The number of ether oxygens (including phenoxy) is 1. The molecular formula is C12H18O4. The second kappa shape index (κ2) is 4.68. The lowest BCUT2D eigenvalue weighted by Crippen LogP contribution is -2.05. The molecule has 0 radical (unpaired) electrons. The van der Waals surface area contributed by atoms with Gasteiger partial charge in [0, 0.05) is 12.8 Å². The zero-order valence-corrected chi connectivity index (χ0v) is 9.90. The van der Waals surface area contributed by atoms with E-state index in [1.807, 2.05) is 6.08 Å². The van der Waals surface area contributed by atoms with Crippen LogP contribution in [0.2, 0.25) is 0 Å². The minimum atomic E-state index is -0.828. The van der Waals surface area contributed by atoms with Crippen molar-refractivity contribution in [3.8, 4) is 0 Å². The normalized spacial score (nSPS) is 26.7. The fourth-order valence-corrected chi connectivity index (χ4v) is 2.01. The molecule has 0 aliphatic heterocycles. The lowest BCUT2D eigenvalue weighted by molar-refractivity contribution is -0.141. The van der Waals surface area contributed by atoms with Crippen molar-refractivity contribution in [1.29, 1.82) is 0 Å². The first-order valence-corrected chi connectivity index (χ1v) is 5.37. The Morgan fingerprint density at radius 3 is 2.56 bits per heavy atom. The van der Waals surface area contributed by atoms with Crippen molar-refractivity contribution in [3.63, 3.8) is 0 Å². The maximum absolute atomic E-state index is 10.7. The van der Waals surface area contributed by atoms with Gasteiger partial charge in [-0.15, -0.1) is 0 Å². The van der Waals surface area contributed by atoms with Crippen molar-refractivity contribution in [3.05, 3.63) is 12.2 Å². The smallest absolute Gasteiger partial charge is 0.307 e. The third-order valence-corrected chi connectivity index (χ3v) is 3.24. The average Bonchev–Trinajstić information content (AvgIpc) is 2.64. The Hall–Kier alpha value is -1.32. The number of hydrogen-bond acceptors (Lipinski definition) is 3. The van der Waals surface area contributed by atoms with Crippen molar-refractivity contribution in [2.75, 3.05) is 6.61 Å². The molecule has 1 N–H and O–H groups in total. The molecule has 4 heteroatoms. The van der Waals surface area contributed by atoms with E-state index in [9.17, 15) is 9.59 Å². The quantitative estimate of drug-likeness (QED) is 0.574. The monoisotopic (exact) mass is 226 g/mol. The second-order valence-electron chi connectivity index (χ2n) is 4.78. The van der Waals surface area contributed by atoms with Gasteiger partial charge < -0.3 is 9.84 Å². The van der Waals surface area contributed by atoms with Crippen LogP contribution in [0, 0.1) is 17.3 Å². The molecule has 0 saturated heterocycles. The highest BCUT2D eigenvalue weighted by Crippen LogP contribution is 2.59. The zero-order valence-electron chi connectivity index (χ0n) is 9.90. The van der Waals surface area contributed by atoms with Crippen LogP contribution in [-0.2, 0) is 14.3 Å². The number of aliphatic carboxylic acids is 1. The summed E-state index contributed by atoms with van der Waals surface area (Å²) in [6, 6.07) is 0. The van der Waals surface area contributed by atoms with Gasteiger partial charge in [0.25, 0.3) is 0 Å². The molecule has 1 aliphatic rings. The van der Waals surface area contributed by atoms with E-state index in [1.165, 1.54) is 6.92 Å². The van der Waals surface area contributed by atoms with E-state index in [1.54, 1.807) is 6.08 Å². The third-order valence-electron chi connectivity index (χ3n) is 3.24. The molecule has 0 aromatic carbocycles. The number of rotatable bonds is 5. The van der Waals surface area contributed by atoms with Crippen LogP contribution in [0.25, 0.3) is 0 Å². The van der Waals surface area contributed by atoms with Crippen LogP contribution in [0.15, 0.2) is 12.2 Å². The Morgan fingerprint density at radius 2 is 2.06 bits per heavy atom. The number of carboxylic acids is 1. The van der Waals surface area contributed by atoms with Gasteiger partial charge in [-0.2, -0.15) is 0 Å². The predicted molar refractivity (Wildman–Crippen MR) is 58.8 cm³/mol. The van der Waals surface area contributed by atoms with E-state index in [2.05, 4.69) is 13.8 Å². The molecular weight excluding hydrogens is 208 g/mol. The van der Waals surface area contributed by atoms with E-state index >= 15 is 0 Å². The van der Waals surface area contributed by atoms with Crippen LogP contribution in [0.1, 0.15) is 27.2 Å². The molecule has 1 fully saturated rings. The molecule has 1 aliphatic carbocycles. The molecule has 2 atom stereocenters. The first-order valence-electron chi connectivity index (χ1n) is 5.37. The highest BCUT2D eigenvalue weighted by molar-refractivity contribution is 5.68. The van der Waals surface area contributed by atoms with E-state index in [4.69, 9.17) is 9.84 Å². The standard InChI is InChI=1S/C12H18O4/c1-8(13)16-7-10-9(12(10,2)3)5-4-6-11(14)15/h4-5,9-10H,6-7H2,1-3H3,(H,14,15). The Balaban J connectivity index is 2.41. The molecule has 0 spiro atoms. The maximum atomic E-state index is 10.7. The molecule has 2 unspecified atom stereocenters. The highest BCUT2D eigenvalue weighted by atomic mass is 16.5. The summed E-state index contributed by atoms with van der Waals surface area (Å²) in [4.78, 5) is 21.0. The number of carbonyl (C=O) groups excluding carboxylic acids is 1. The Morgan fingerprint density at radius 1 is 1.44 bits per heavy atom. The van der Waals surface area contributed by atoms with Crippen LogP contribution in [0.3, 0.4) is 0 Å². The molecule has 1 saturated carbocycles. The summed E-state index contributed by atoms with van der Waals surface area (Å²) in [6.07, 6.45) is 3.64. The Bertz CT molecular complexity index is 317. The minimum Gasteiger partial charge on any atom is -0.481 e. The van der Waals surface area contributed by atoms with Crippen LogP contribution in [-0.4, -0.2) is 23.7 Å². The molecule has 0 amide bonds. The van der Waals surface area contributed by atoms with Crippen molar-refractivity contribution in [2.24, 2.45) is 17.3 Å². The number of hydrogen-bond donors (Lipinski definition) is 1. The van der Waals surface area contributed by atoms with Gasteiger partial charge in [-0.1, -0.05) is 26.0 Å². The topological polar surface area (TPSA) is 63.6 Å². The number of allylic oxidation sites excluding steroid dienone is 1. The van der Waals surface area contributed by atoms with Gasteiger partial charge in [0.1, 0.15) is 0 Å². The lowest BCUT2D eigenvalue weighted by Gasteiger charge is -2.02. The molecule has 90 valence electrons. The van der Waals surface area contributed by atoms with Gasteiger partial charge in [0.05, 0.1) is 13.0 Å². The fraction of sp³-hybridized carbons (Fsp3) is 0.667. The molecule has 1 rings (SSSR count). The summed E-state index contributed by atoms with van der Waals surface area (Å²) in [6.45, 7) is 6.00. The summed E-state index contributed by atoms with van der Waals surface area (Å²) in [5, 5.41) is 8.50. The van der Waals surface area contributed by atoms with Gasteiger partial charge in [0.2, 0.25) is 0 Å². The number of carboxylic acid groups (broad SMARTS) is 1.